The standard InChI is InChI=1S/C52H30N4S3/c1-2-12-31(13-3-1)49-54-50(56-51(55-49)41-22-11-20-39-38-18-4-6-24-44(38)57-48(39)41)35-16-9-15-34(29-35)37-19-10-21-40-42-30-33(26-27-45(42)58-47(37)40)32-14-8-17-36(28-32)52-53-43-23-5-7-25-46(43)59-52/h1-30H. The number of benzene rings is 8. The molecule has 0 saturated heterocycles. The highest BCUT2D eigenvalue weighted by Crippen LogP contribution is 2.43. The number of hydrogen-bond acceptors (Lipinski definition) is 7. The van der Waals surface area contributed by atoms with Crippen LogP contribution in [0.4, 0.5) is 0 Å². The molecule has 0 radical (unpaired) electrons. The van der Waals surface area contributed by atoms with Gasteiger partial charge >= 0.3 is 0 Å². The third-order valence-electron chi connectivity index (χ3n) is 11.0. The van der Waals surface area contributed by atoms with E-state index in [-0.39, 0.29) is 0 Å². The Kier molecular flexibility index (Phi) is 8.04. The van der Waals surface area contributed by atoms with Crippen molar-refractivity contribution in [2.45, 2.75) is 0 Å². The Labute approximate surface area is 351 Å². The second-order valence-electron chi connectivity index (χ2n) is 14.6. The molecular formula is C52H30N4S3. The van der Waals surface area contributed by atoms with Crippen LogP contribution in [0.1, 0.15) is 0 Å². The van der Waals surface area contributed by atoms with Crippen LogP contribution in [-0.4, -0.2) is 19.9 Å². The summed E-state index contributed by atoms with van der Waals surface area (Å²) in [5, 5.41) is 6.02. The maximum atomic E-state index is 5.21. The Balaban J connectivity index is 0.953. The lowest BCUT2D eigenvalue weighted by atomic mass is 9.98. The number of para-hydroxylation sites is 1. The summed E-state index contributed by atoms with van der Waals surface area (Å²) in [4.78, 5) is 20.4. The van der Waals surface area contributed by atoms with Crippen LogP contribution in [0, 0.1) is 0 Å². The van der Waals surface area contributed by atoms with E-state index in [0.29, 0.717) is 17.5 Å². The lowest BCUT2D eigenvalue weighted by Crippen LogP contribution is -2.00. The zero-order valence-corrected chi connectivity index (χ0v) is 33.8. The molecule has 7 heteroatoms. The van der Waals surface area contributed by atoms with Crippen LogP contribution in [-0.2, 0) is 0 Å². The average Bonchev–Trinajstić information content (AvgIpc) is 4.03. The van der Waals surface area contributed by atoms with E-state index in [4.69, 9.17) is 19.9 Å². The first kappa shape index (κ1) is 34.2. The molecule has 0 fully saturated rings. The van der Waals surface area contributed by atoms with Crippen LogP contribution in [0.5, 0.6) is 0 Å². The number of rotatable bonds is 6. The van der Waals surface area contributed by atoms with Crippen molar-refractivity contribution in [2.24, 2.45) is 0 Å². The van der Waals surface area contributed by atoms with Gasteiger partial charge in [-0.3, -0.25) is 0 Å². The van der Waals surface area contributed by atoms with Gasteiger partial charge in [0, 0.05) is 62.6 Å². The average molecular weight is 807 g/mol. The van der Waals surface area contributed by atoms with E-state index in [1.165, 1.54) is 61.7 Å². The predicted molar refractivity (Wildman–Crippen MR) is 251 cm³/mol. The molecule has 12 aromatic rings. The second kappa shape index (κ2) is 13.9. The predicted octanol–water partition coefficient (Wildman–Crippen LogP) is 15.2. The summed E-state index contributed by atoms with van der Waals surface area (Å²) in [6, 6.07) is 64.5. The lowest BCUT2D eigenvalue weighted by Gasteiger charge is -2.10. The smallest absolute Gasteiger partial charge is 0.165 e. The van der Waals surface area contributed by atoms with Crippen LogP contribution in [0.25, 0.3) is 118 Å². The van der Waals surface area contributed by atoms with E-state index >= 15 is 0 Å². The number of fused-ring (bicyclic) bond motifs is 7. The highest BCUT2D eigenvalue weighted by atomic mass is 32.1. The van der Waals surface area contributed by atoms with Crippen LogP contribution in [0.15, 0.2) is 182 Å². The molecule has 0 aliphatic carbocycles. The number of hydrogen-bond donors (Lipinski definition) is 0. The zero-order chi connectivity index (χ0) is 38.9. The normalized spacial score (nSPS) is 11.7. The maximum absolute atomic E-state index is 5.21. The number of thiazole rings is 1. The molecule has 0 spiro atoms. The van der Waals surface area contributed by atoms with Crippen molar-refractivity contribution in [2.75, 3.05) is 0 Å². The lowest BCUT2D eigenvalue weighted by molar-refractivity contribution is 1.08. The second-order valence-corrected chi connectivity index (χ2v) is 17.7. The van der Waals surface area contributed by atoms with E-state index in [2.05, 4.69) is 158 Å². The SMILES string of the molecule is c1ccc(-c2nc(-c3cccc(-c4cccc5c4sc4ccc(-c6cccc(-c7nc8ccccc8s7)c6)cc45)c3)nc(-c3cccc4c3sc3ccccc34)n2)cc1. The van der Waals surface area contributed by atoms with Gasteiger partial charge in [-0.25, -0.2) is 19.9 Å². The van der Waals surface area contributed by atoms with Crippen molar-refractivity contribution in [3.8, 4) is 67.0 Å². The fourth-order valence-electron chi connectivity index (χ4n) is 8.12. The molecule has 4 aromatic heterocycles. The zero-order valence-electron chi connectivity index (χ0n) is 31.3. The highest BCUT2D eigenvalue weighted by molar-refractivity contribution is 7.26. The summed E-state index contributed by atoms with van der Waals surface area (Å²) < 4.78 is 6.16. The summed E-state index contributed by atoms with van der Waals surface area (Å²) >= 11 is 5.37. The van der Waals surface area contributed by atoms with Crippen LogP contribution in [0.2, 0.25) is 0 Å². The molecule has 12 rings (SSSR count). The Hall–Kier alpha value is -6.90. The number of nitrogens with zero attached hydrogens (tertiary/aromatic N) is 4. The van der Waals surface area contributed by atoms with Gasteiger partial charge in [-0.2, -0.15) is 0 Å². The molecule has 276 valence electrons. The van der Waals surface area contributed by atoms with E-state index in [0.717, 1.165) is 38.3 Å². The Morgan fingerprint density at radius 3 is 1.69 bits per heavy atom. The van der Waals surface area contributed by atoms with Gasteiger partial charge in [0.05, 0.1) is 10.2 Å². The van der Waals surface area contributed by atoms with Gasteiger partial charge in [0.15, 0.2) is 17.5 Å². The van der Waals surface area contributed by atoms with Gasteiger partial charge in [0.1, 0.15) is 5.01 Å². The number of aromatic nitrogens is 4. The van der Waals surface area contributed by atoms with Gasteiger partial charge in [0.2, 0.25) is 0 Å². The summed E-state index contributed by atoms with van der Waals surface area (Å²) in [5.41, 5.74) is 9.78. The first-order valence-corrected chi connectivity index (χ1v) is 21.9. The fourth-order valence-corrected chi connectivity index (χ4v) is 11.5. The van der Waals surface area contributed by atoms with Gasteiger partial charge < -0.3 is 0 Å². The minimum absolute atomic E-state index is 0.648. The molecule has 0 aliphatic heterocycles. The molecular weight excluding hydrogens is 777 g/mol. The monoisotopic (exact) mass is 806 g/mol. The van der Waals surface area contributed by atoms with E-state index in [1.807, 2.05) is 35.6 Å². The highest BCUT2D eigenvalue weighted by Gasteiger charge is 2.18. The molecule has 0 unspecified atom stereocenters. The number of thiophene rings is 2. The van der Waals surface area contributed by atoms with Crippen molar-refractivity contribution >= 4 is 84.6 Å². The molecule has 0 N–H and O–H groups in total. The van der Waals surface area contributed by atoms with Crippen LogP contribution >= 0.6 is 34.0 Å². The Morgan fingerprint density at radius 1 is 0.288 bits per heavy atom. The van der Waals surface area contributed by atoms with Crippen LogP contribution < -0.4 is 0 Å². The first-order valence-electron chi connectivity index (χ1n) is 19.4. The molecule has 0 bridgehead atoms. The minimum atomic E-state index is 0.648. The van der Waals surface area contributed by atoms with Crippen molar-refractivity contribution in [3.63, 3.8) is 0 Å². The van der Waals surface area contributed by atoms with Gasteiger partial charge in [0.25, 0.3) is 0 Å². The molecule has 0 atom stereocenters. The van der Waals surface area contributed by atoms with Crippen molar-refractivity contribution in [3.05, 3.63) is 182 Å². The molecule has 0 aliphatic rings. The van der Waals surface area contributed by atoms with Gasteiger partial charge in [-0.05, 0) is 70.8 Å². The molecule has 4 nitrogen and oxygen atoms in total. The Bertz CT molecular complexity index is 3550. The largest absolute Gasteiger partial charge is 0.236 e. The van der Waals surface area contributed by atoms with Crippen LogP contribution in [0.3, 0.4) is 0 Å². The summed E-state index contributed by atoms with van der Waals surface area (Å²) in [7, 11) is 0. The van der Waals surface area contributed by atoms with Crippen molar-refractivity contribution in [1.29, 1.82) is 0 Å². The van der Waals surface area contributed by atoms with E-state index < -0.39 is 0 Å². The summed E-state index contributed by atoms with van der Waals surface area (Å²) in [6.07, 6.45) is 0. The topological polar surface area (TPSA) is 51.6 Å². The summed E-state index contributed by atoms with van der Waals surface area (Å²) in [6.45, 7) is 0. The molecule has 8 aromatic carbocycles. The molecule has 4 heterocycles. The fraction of sp³-hybridized carbons (Fsp3) is 0. The maximum Gasteiger partial charge on any atom is 0.165 e. The molecule has 0 amide bonds. The quantitative estimate of drug-likeness (QED) is 0.168. The molecule has 0 saturated carbocycles. The third-order valence-corrected chi connectivity index (χ3v) is 14.5. The first-order chi connectivity index (χ1) is 29.2. The summed E-state index contributed by atoms with van der Waals surface area (Å²) in [5.74, 6) is 1.97. The molecule has 59 heavy (non-hydrogen) atoms. The van der Waals surface area contributed by atoms with Gasteiger partial charge in [-0.15, -0.1) is 34.0 Å². The van der Waals surface area contributed by atoms with Gasteiger partial charge in [-0.1, -0.05) is 133 Å². The van der Waals surface area contributed by atoms with E-state index in [9.17, 15) is 0 Å². The van der Waals surface area contributed by atoms with E-state index in [1.54, 1.807) is 22.7 Å². The van der Waals surface area contributed by atoms with Crippen molar-refractivity contribution < 1.29 is 0 Å². The Morgan fingerprint density at radius 2 is 0.847 bits per heavy atom. The van der Waals surface area contributed by atoms with Crippen molar-refractivity contribution in [1.82, 2.24) is 19.9 Å². The third kappa shape index (κ3) is 5.93. The minimum Gasteiger partial charge on any atom is -0.236 e.